The van der Waals surface area contributed by atoms with Crippen molar-refractivity contribution in [2.45, 2.75) is 138 Å². The largest absolute Gasteiger partial charge is 0.501 e. The Morgan fingerprint density at radius 3 is 2.23 bits per heavy atom. The fraction of sp³-hybridized carbons (Fsp3) is 0.467. The summed E-state index contributed by atoms with van der Waals surface area (Å²) in [7, 11) is -5.36. The van der Waals surface area contributed by atoms with Gasteiger partial charge in [-0.3, -0.25) is 28.8 Å². The Morgan fingerprint density at radius 2 is 1.57 bits per heavy atom. The molecule has 5 N–H and O–H groups in total. The first-order chi connectivity index (χ1) is 48.0. The Bertz CT molecular complexity index is 3980. The van der Waals surface area contributed by atoms with E-state index in [-0.39, 0.29) is 55.4 Å². The highest BCUT2D eigenvalue weighted by molar-refractivity contribution is 8.13. The summed E-state index contributed by atoms with van der Waals surface area (Å²) >= 11 is 9.27. The maximum absolute atomic E-state index is 14.7. The number of anilines is 2. The Labute approximate surface area is 608 Å². The van der Waals surface area contributed by atoms with Crippen molar-refractivity contribution in [3.05, 3.63) is 160 Å². The Morgan fingerprint density at radius 1 is 0.891 bits per heavy atom. The molecule has 1 aliphatic carbocycles. The van der Waals surface area contributed by atoms with Gasteiger partial charge in [0, 0.05) is 90.1 Å². The summed E-state index contributed by atoms with van der Waals surface area (Å²) in [6.07, 6.45) is 2.68. The number of alkyl halides is 3. The van der Waals surface area contributed by atoms with Gasteiger partial charge in [-0.1, -0.05) is 117 Å². The van der Waals surface area contributed by atoms with Crippen LogP contribution in [0.3, 0.4) is 0 Å². The number of likely N-dealkylation sites (N-methyl/N-ethyl adjacent to an activating group) is 1. The molecule has 3 aliphatic rings. The molecule has 4 amide bonds. The zero-order chi connectivity index (χ0) is 72.8. The van der Waals surface area contributed by atoms with Crippen molar-refractivity contribution in [1.82, 2.24) is 35.0 Å². The third-order valence-corrected chi connectivity index (χ3v) is 24.1. The van der Waals surface area contributed by atoms with Crippen molar-refractivity contribution in [3.8, 4) is 10.4 Å². The summed E-state index contributed by atoms with van der Waals surface area (Å²) < 4.78 is 85.5. The first-order valence-electron chi connectivity index (χ1n) is 34.2. The van der Waals surface area contributed by atoms with Crippen LogP contribution in [-0.4, -0.2) is 184 Å². The van der Waals surface area contributed by atoms with Gasteiger partial charge < -0.3 is 45.2 Å². The number of β-amino-alcohol motifs (C(OH)–C–C–N with tert-alkyl or cyclic N) is 1. The molecule has 101 heavy (non-hydrogen) atoms. The lowest BCUT2D eigenvalue weighted by Gasteiger charge is -2.39. The monoisotopic (exact) mass is 1490 g/mol. The summed E-state index contributed by atoms with van der Waals surface area (Å²) in [4.78, 5) is 68.9. The van der Waals surface area contributed by atoms with Crippen LogP contribution in [0.5, 0.6) is 0 Å². The molecule has 1 unspecified atom stereocenters. The van der Waals surface area contributed by atoms with Crippen molar-refractivity contribution < 1.29 is 55.3 Å². The molecule has 1 aromatic heterocycles. The summed E-state index contributed by atoms with van der Waals surface area (Å²) in [5.41, 5.74) is 3.62. The molecule has 0 radical (unpaired) electrons. The first-order valence-corrected chi connectivity index (χ1v) is 39.2. The third kappa shape index (κ3) is 21.5. The smallest absolute Gasteiger partial charge is 0.391 e. The third-order valence-electron chi connectivity index (χ3n) is 18.6. The molecule has 5 aromatic carbocycles. The van der Waals surface area contributed by atoms with Gasteiger partial charge in [0.25, 0.3) is 15.7 Å². The molecule has 0 spiro atoms. The maximum Gasteiger partial charge on any atom is 0.501 e. The number of likely N-dealkylation sites (tertiary alicyclic amines) is 1. The van der Waals surface area contributed by atoms with Crippen LogP contribution in [0.15, 0.2) is 147 Å². The second-order valence-electron chi connectivity index (χ2n) is 28.0. The summed E-state index contributed by atoms with van der Waals surface area (Å²) in [5.74, 6) is -1.58. The zero-order valence-electron chi connectivity index (χ0n) is 58.9. The second-order valence-corrected chi connectivity index (χ2v) is 34.1. The molecule has 3 heterocycles. The van der Waals surface area contributed by atoms with Gasteiger partial charge in [0.1, 0.15) is 23.6 Å². The van der Waals surface area contributed by atoms with Crippen LogP contribution in [0, 0.1) is 17.8 Å². The number of piperazine rings is 1. The highest BCUT2D eigenvalue weighted by Gasteiger charge is 2.49. The highest BCUT2D eigenvalue weighted by atomic mass is 35.5. The number of hydrogen-bond donors (Lipinski definition) is 5. The lowest BCUT2D eigenvalue weighted by atomic mass is 9.73. The van der Waals surface area contributed by atoms with E-state index in [1.54, 1.807) is 62.0 Å². The van der Waals surface area contributed by atoms with E-state index in [1.165, 1.54) is 45.5 Å². The van der Waals surface area contributed by atoms with E-state index < -0.39 is 90.2 Å². The number of nitrogens with one attached hydrogen (secondary N) is 4. The summed E-state index contributed by atoms with van der Waals surface area (Å²) in [6, 6.07) is 33.6. The van der Waals surface area contributed by atoms with Crippen LogP contribution < -0.4 is 25.6 Å². The number of benzene rings is 5. The zero-order valence-corrected chi connectivity index (χ0v) is 62.9. The normalized spacial score (nSPS) is 18.1. The lowest BCUT2D eigenvalue weighted by Crippen LogP contribution is -2.58. The van der Waals surface area contributed by atoms with E-state index in [0.717, 1.165) is 95.4 Å². The molecule has 6 aromatic rings. The molecule has 546 valence electrons. The van der Waals surface area contributed by atoms with Crippen LogP contribution >= 0.6 is 45.4 Å². The summed E-state index contributed by atoms with van der Waals surface area (Å²) in [5, 5.41) is 22.1. The van der Waals surface area contributed by atoms with Gasteiger partial charge in [-0.2, -0.15) is 13.2 Å². The fourth-order valence-corrected chi connectivity index (χ4v) is 17.0. The van der Waals surface area contributed by atoms with Gasteiger partial charge in [-0.05, 0) is 165 Å². The number of amides is 4. The molecule has 26 heteroatoms. The van der Waals surface area contributed by atoms with Gasteiger partial charge in [0.15, 0.2) is 0 Å². The van der Waals surface area contributed by atoms with E-state index in [4.69, 9.17) is 21.1 Å². The van der Waals surface area contributed by atoms with Crippen molar-refractivity contribution >= 4 is 101 Å². The molecule has 2 saturated heterocycles. The topological polar surface area (TPSA) is 215 Å². The van der Waals surface area contributed by atoms with Crippen LogP contribution in [0.1, 0.15) is 114 Å². The number of rotatable bonds is 30. The number of aromatic nitrogens is 1. The van der Waals surface area contributed by atoms with Crippen LogP contribution in [0.4, 0.5) is 24.5 Å². The number of aliphatic hydroxyl groups excluding tert-OH is 1. The Hall–Kier alpha value is -6.65. The van der Waals surface area contributed by atoms with Crippen molar-refractivity contribution in [2.24, 2.45) is 10.8 Å². The molecule has 2 aliphatic heterocycles. The maximum atomic E-state index is 14.7. The molecular formula is C75H95ClF3N9O9S4. The molecule has 18 nitrogen and oxygen atoms in total. The second kappa shape index (κ2) is 35.2. The number of hydrogen-bond acceptors (Lipinski definition) is 16. The Kier molecular flexibility index (Phi) is 27.4. The first kappa shape index (κ1) is 78.5. The molecular weight excluding hydrogens is 1390 g/mol. The summed E-state index contributed by atoms with van der Waals surface area (Å²) in [6.45, 7) is 20.6. The average Bonchev–Trinajstić information content (AvgIpc) is 1.31. The predicted octanol–water partition coefficient (Wildman–Crippen LogP) is 12.9. The number of thiazole rings is 1. The van der Waals surface area contributed by atoms with Gasteiger partial charge in [0.05, 0.1) is 53.7 Å². The number of carbonyl (C=O) groups is 4. The van der Waals surface area contributed by atoms with Gasteiger partial charge in [-0.15, -0.1) is 23.1 Å². The van der Waals surface area contributed by atoms with Crippen LogP contribution in [0.25, 0.3) is 16.0 Å². The molecule has 9 rings (SSSR count). The van der Waals surface area contributed by atoms with Crippen LogP contribution in [-0.2, 0) is 33.7 Å². The number of ether oxygens (including phenoxy) is 2. The van der Waals surface area contributed by atoms with Gasteiger partial charge in [0.2, 0.25) is 17.7 Å². The number of aryl methyl sites for hydroxylation is 1. The van der Waals surface area contributed by atoms with E-state index in [1.807, 2.05) is 105 Å². The minimum Gasteiger partial charge on any atom is -0.391 e. The van der Waals surface area contributed by atoms with Crippen molar-refractivity contribution in [1.29, 1.82) is 0 Å². The van der Waals surface area contributed by atoms with Crippen molar-refractivity contribution in [2.75, 3.05) is 102 Å². The van der Waals surface area contributed by atoms with Gasteiger partial charge in [-0.25, -0.2) is 13.4 Å². The SMILES string of the molecule is C/C=S(/NC(=O)c1ccc(N2CCN(CC3=C(c4ccc(Cl)cc4)CCC(C)(C)C3)CC2)cc1)c1ccc(N[C@H](CCN(C)CCOCCOCC(=O)N[C@H](C(=O)N2C[C@H](O)C[C@H]2C(=O)N[C@@H](C)c2ccc(-c3scnc3C)cc2)C(C)(C)C)CSc2ccccc2)c(S(=O)(=O)C(F)(F)F)c1. The van der Waals surface area contributed by atoms with E-state index in [2.05, 4.69) is 61.4 Å². The number of sulfone groups is 1. The number of nitrogens with zero attached hydrogens (tertiary/aromatic N) is 5. The lowest BCUT2D eigenvalue weighted by molar-refractivity contribution is -0.144. The molecule has 6 atom stereocenters. The number of aliphatic hydroxyl groups is 1. The fourth-order valence-electron chi connectivity index (χ4n) is 12.8. The molecule has 0 saturated carbocycles. The van der Waals surface area contributed by atoms with E-state index in [0.29, 0.717) is 30.8 Å². The van der Waals surface area contributed by atoms with Crippen LogP contribution in [0.2, 0.25) is 5.02 Å². The van der Waals surface area contributed by atoms with Crippen molar-refractivity contribution in [3.63, 3.8) is 0 Å². The highest BCUT2D eigenvalue weighted by Crippen LogP contribution is 2.44. The quantitative estimate of drug-likeness (QED) is 0.0161. The molecule has 2 fully saturated rings. The Balaban J connectivity index is 0.747. The van der Waals surface area contributed by atoms with Gasteiger partial charge >= 0.3 is 5.51 Å². The minimum absolute atomic E-state index is 0.0391. The van der Waals surface area contributed by atoms with E-state index >= 15 is 0 Å². The standard InChI is InChI=1S/C75H95ClF3N9O9S4/c1-10-100(84-70(91)55-22-26-59(27-23-55)87-36-34-86(35-37-87)45-56-44-74(7,8)32-30-63(56)53-20-24-57(76)25-21-53)62-28-29-64(66(43-62)101(94,95)75(77,78)79)82-58(48-98-61-14-12-11-13-15-61)31-33-85(9)38-39-96-40-41-97-47-67(90)83-69(73(4,5)6)72(93)88-46-60(89)42-65(88)71(92)81-50(2)52-16-18-54(19-17-52)68-51(3)80-49-99-68/h10-29,43,49-50,58,60,65,69,82,89H,30-42,44-48H2,1-9H3,(H,81,92)(H,83,90)(H,84,91)/t50-,58+,60+,65-,69+,100?/m0/s1. The number of carbonyl (C=O) groups excluding carboxylic acids is 4. The average molecular weight is 1490 g/mol. The number of allylic oxidation sites excluding steroid dienone is 1. The predicted molar refractivity (Wildman–Crippen MR) is 401 cm³/mol. The minimum atomic E-state index is -5.91. The number of halogens is 4. The molecule has 0 bridgehead atoms. The van der Waals surface area contributed by atoms with E-state index in [9.17, 15) is 45.9 Å². The number of thioether (sulfide) groups is 1.